The maximum Gasteiger partial charge on any atom is 0.281 e. The van der Waals surface area contributed by atoms with Crippen molar-refractivity contribution < 1.29 is 13.6 Å². The van der Waals surface area contributed by atoms with Gasteiger partial charge in [-0.3, -0.25) is 4.79 Å². The smallest absolute Gasteiger partial charge is 0.281 e. The van der Waals surface area contributed by atoms with Crippen molar-refractivity contribution in [1.82, 2.24) is 9.97 Å². The highest BCUT2D eigenvalue weighted by molar-refractivity contribution is 9.10. The molecular formula is C6H3BrF2N2O. The lowest BCUT2D eigenvalue weighted by molar-refractivity contribution is 0.110. The van der Waals surface area contributed by atoms with Gasteiger partial charge in [0.05, 0.1) is 5.56 Å². The predicted octanol–water partition coefficient (Wildman–Crippen LogP) is 1.99. The molecule has 12 heavy (non-hydrogen) atoms. The first-order chi connectivity index (χ1) is 5.65. The first-order valence-corrected chi connectivity index (χ1v) is 3.70. The van der Waals surface area contributed by atoms with Gasteiger partial charge in [0.2, 0.25) is 0 Å². The number of aromatic nitrogens is 2. The van der Waals surface area contributed by atoms with E-state index in [1.165, 1.54) is 0 Å². The highest BCUT2D eigenvalue weighted by Gasteiger charge is 2.15. The lowest BCUT2D eigenvalue weighted by Crippen LogP contribution is -1.99. The summed E-state index contributed by atoms with van der Waals surface area (Å²) in [6, 6.07) is 0. The van der Waals surface area contributed by atoms with E-state index >= 15 is 0 Å². The molecule has 1 rings (SSSR count). The average Bonchev–Trinajstić information content (AvgIpc) is 2.04. The number of hydrogen-bond donors (Lipinski definition) is 0. The Morgan fingerprint density at radius 2 is 2.25 bits per heavy atom. The van der Waals surface area contributed by atoms with Crippen molar-refractivity contribution in [1.29, 1.82) is 0 Å². The van der Waals surface area contributed by atoms with Gasteiger partial charge in [0.1, 0.15) is 5.69 Å². The molecule has 0 N–H and O–H groups in total. The van der Waals surface area contributed by atoms with Gasteiger partial charge >= 0.3 is 0 Å². The van der Waals surface area contributed by atoms with Crippen molar-refractivity contribution >= 4 is 22.2 Å². The molecule has 0 radical (unpaired) electrons. The molecule has 6 heteroatoms. The van der Waals surface area contributed by atoms with Crippen LogP contribution in [0.5, 0.6) is 0 Å². The maximum atomic E-state index is 12.1. The van der Waals surface area contributed by atoms with Crippen LogP contribution in [0.3, 0.4) is 0 Å². The molecule has 0 aliphatic carbocycles. The summed E-state index contributed by atoms with van der Waals surface area (Å²) in [6.45, 7) is 0. The Bertz CT molecular complexity index is 306. The van der Waals surface area contributed by atoms with Gasteiger partial charge in [0.25, 0.3) is 6.43 Å². The monoisotopic (exact) mass is 236 g/mol. The molecule has 0 unspecified atom stereocenters. The standard InChI is InChI=1S/C6H3BrF2N2O/c7-6-10-1-3(2-12)4(11-6)5(8)9/h1-2,5H. The predicted molar refractivity (Wildman–Crippen MR) is 40.1 cm³/mol. The van der Waals surface area contributed by atoms with Gasteiger partial charge in [0.15, 0.2) is 11.0 Å². The summed E-state index contributed by atoms with van der Waals surface area (Å²) >= 11 is 2.82. The molecular weight excluding hydrogens is 234 g/mol. The molecule has 0 saturated carbocycles. The van der Waals surface area contributed by atoms with Crippen LogP contribution in [-0.4, -0.2) is 16.3 Å². The number of halogens is 3. The summed E-state index contributed by atoms with van der Waals surface area (Å²) in [6.07, 6.45) is -1.41. The van der Waals surface area contributed by atoms with Gasteiger partial charge < -0.3 is 0 Å². The molecule has 0 aromatic carbocycles. The third kappa shape index (κ3) is 1.82. The van der Waals surface area contributed by atoms with Gasteiger partial charge in [-0.25, -0.2) is 18.7 Å². The highest BCUT2D eigenvalue weighted by atomic mass is 79.9. The van der Waals surface area contributed by atoms with Crippen LogP contribution in [0.1, 0.15) is 22.5 Å². The zero-order valence-corrected chi connectivity index (χ0v) is 7.25. The molecule has 0 fully saturated rings. The van der Waals surface area contributed by atoms with Crippen LogP contribution in [-0.2, 0) is 0 Å². The van der Waals surface area contributed by atoms with Gasteiger partial charge in [-0.1, -0.05) is 0 Å². The van der Waals surface area contributed by atoms with Crippen LogP contribution in [0.2, 0.25) is 0 Å². The van der Waals surface area contributed by atoms with E-state index in [-0.39, 0.29) is 10.3 Å². The molecule has 3 nitrogen and oxygen atoms in total. The second kappa shape index (κ2) is 3.66. The molecule has 64 valence electrons. The van der Waals surface area contributed by atoms with Gasteiger partial charge in [-0.05, 0) is 15.9 Å². The second-order valence-corrected chi connectivity index (χ2v) is 2.61. The van der Waals surface area contributed by atoms with Crippen molar-refractivity contribution in [2.75, 3.05) is 0 Å². The fourth-order valence-corrected chi connectivity index (χ4v) is 0.941. The topological polar surface area (TPSA) is 42.9 Å². The summed E-state index contributed by atoms with van der Waals surface area (Å²) in [5, 5.41) is 0. The second-order valence-electron chi connectivity index (χ2n) is 1.90. The highest BCUT2D eigenvalue weighted by Crippen LogP contribution is 2.20. The fourth-order valence-electron chi connectivity index (χ4n) is 0.647. The van der Waals surface area contributed by atoms with Crippen molar-refractivity contribution in [2.45, 2.75) is 6.43 Å². The number of alkyl halides is 2. The third-order valence-corrected chi connectivity index (χ3v) is 1.53. The van der Waals surface area contributed by atoms with Crippen LogP contribution in [0.25, 0.3) is 0 Å². The van der Waals surface area contributed by atoms with Crippen LogP contribution in [0.4, 0.5) is 8.78 Å². The minimum absolute atomic E-state index is 0.0448. The zero-order valence-electron chi connectivity index (χ0n) is 5.67. The number of carbonyl (C=O) groups is 1. The number of aldehydes is 1. The van der Waals surface area contributed by atoms with E-state index in [0.29, 0.717) is 6.29 Å². The summed E-state index contributed by atoms with van der Waals surface area (Å²) in [4.78, 5) is 17.1. The summed E-state index contributed by atoms with van der Waals surface area (Å²) in [5.41, 5.74) is -0.736. The molecule has 1 heterocycles. The molecule has 0 bridgehead atoms. The minimum atomic E-state index is -2.76. The lowest BCUT2D eigenvalue weighted by Gasteiger charge is -2.00. The first-order valence-electron chi connectivity index (χ1n) is 2.91. The van der Waals surface area contributed by atoms with Crippen LogP contribution in [0, 0.1) is 0 Å². The van der Waals surface area contributed by atoms with E-state index in [4.69, 9.17) is 0 Å². The normalized spacial score (nSPS) is 10.3. The Morgan fingerprint density at radius 1 is 1.58 bits per heavy atom. The van der Waals surface area contributed by atoms with Crippen molar-refractivity contribution in [3.63, 3.8) is 0 Å². The van der Waals surface area contributed by atoms with E-state index in [0.717, 1.165) is 6.20 Å². The van der Waals surface area contributed by atoms with Crippen LogP contribution >= 0.6 is 15.9 Å². The molecule has 0 aliphatic rings. The zero-order chi connectivity index (χ0) is 9.14. The first kappa shape index (κ1) is 9.18. The number of rotatable bonds is 2. The number of hydrogen-bond acceptors (Lipinski definition) is 3. The summed E-state index contributed by atoms with van der Waals surface area (Å²) in [7, 11) is 0. The SMILES string of the molecule is O=Cc1cnc(Br)nc1C(F)F. The van der Waals surface area contributed by atoms with E-state index in [1.54, 1.807) is 0 Å². The van der Waals surface area contributed by atoms with E-state index in [2.05, 4.69) is 25.9 Å². The fraction of sp³-hybridized carbons (Fsp3) is 0.167. The maximum absolute atomic E-state index is 12.1. The van der Waals surface area contributed by atoms with Crippen molar-refractivity contribution in [3.05, 3.63) is 22.2 Å². The molecule has 1 aromatic rings. The molecule has 0 amide bonds. The number of nitrogens with zero attached hydrogens (tertiary/aromatic N) is 2. The minimum Gasteiger partial charge on any atom is -0.298 e. The van der Waals surface area contributed by atoms with Gasteiger partial charge in [-0.15, -0.1) is 0 Å². The number of carbonyl (C=O) groups excluding carboxylic acids is 1. The summed E-state index contributed by atoms with van der Waals surface area (Å²) in [5.74, 6) is 0. The van der Waals surface area contributed by atoms with E-state index in [1.807, 2.05) is 0 Å². The average molecular weight is 237 g/mol. The molecule has 0 saturated heterocycles. The molecule has 1 aromatic heterocycles. The van der Waals surface area contributed by atoms with Crippen molar-refractivity contribution in [3.8, 4) is 0 Å². The van der Waals surface area contributed by atoms with Crippen LogP contribution in [0.15, 0.2) is 10.9 Å². The van der Waals surface area contributed by atoms with E-state index in [9.17, 15) is 13.6 Å². The summed E-state index contributed by atoms with van der Waals surface area (Å²) < 4.78 is 24.3. The van der Waals surface area contributed by atoms with Crippen molar-refractivity contribution in [2.24, 2.45) is 0 Å². The quantitative estimate of drug-likeness (QED) is 0.583. The molecule has 0 atom stereocenters. The Morgan fingerprint density at radius 3 is 2.75 bits per heavy atom. The van der Waals surface area contributed by atoms with Gasteiger partial charge in [0, 0.05) is 6.20 Å². The molecule has 0 spiro atoms. The molecule has 0 aliphatic heterocycles. The third-order valence-electron chi connectivity index (χ3n) is 1.15. The largest absolute Gasteiger partial charge is 0.298 e. The Hall–Kier alpha value is -0.910. The lowest BCUT2D eigenvalue weighted by atomic mass is 10.2. The Labute approximate surface area is 75.0 Å². The van der Waals surface area contributed by atoms with Gasteiger partial charge in [-0.2, -0.15) is 0 Å². The Balaban J connectivity index is 3.21. The van der Waals surface area contributed by atoms with E-state index < -0.39 is 12.1 Å². The Kier molecular flexibility index (Phi) is 2.80. The van der Waals surface area contributed by atoms with Crippen LogP contribution < -0.4 is 0 Å².